The lowest BCUT2D eigenvalue weighted by atomic mass is 10.3. The van der Waals surface area contributed by atoms with Crippen LogP contribution in [0.25, 0.3) is 0 Å². The number of hydrogen-bond donors (Lipinski definition) is 1. The maximum Gasteiger partial charge on any atom is 0.274 e. The second-order valence-corrected chi connectivity index (χ2v) is 6.17. The summed E-state index contributed by atoms with van der Waals surface area (Å²) >= 11 is 3.37. The molecular weight excluding hydrogens is 360 g/mol. The summed E-state index contributed by atoms with van der Waals surface area (Å²) in [6.07, 6.45) is 0. The molecule has 1 aromatic heterocycles. The van der Waals surface area contributed by atoms with Gasteiger partial charge in [-0.15, -0.1) is 0 Å². The van der Waals surface area contributed by atoms with Crippen molar-refractivity contribution in [1.29, 1.82) is 0 Å². The highest BCUT2D eigenvalue weighted by Crippen LogP contribution is 2.16. The molecule has 23 heavy (non-hydrogen) atoms. The molecule has 1 amide bonds. The number of aromatic nitrogens is 2. The van der Waals surface area contributed by atoms with Crippen LogP contribution in [-0.4, -0.2) is 42.2 Å². The first-order valence-corrected chi connectivity index (χ1v) is 8.16. The highest BCUT2D eigenvalue weighted by molar-refractivity contribution is 9.10. The summed E-state index contributed by atoms with van der Waals surface area (Å²) in [6.45, 7) is 4.63. The van der Waals surface area contributed by atoms with Crippen LogP contribution in [0.15, 0.2) is 34.8 Å². The second-order valence-electron chi connectivity index (χ2n) is 5.26. The molecule has 1 N–H and O–H groups in total. The number of hydrogen-bond acceptors (Lipinski definition) is 5. The number of halogens is 1. The first-order valence-electron chi connectivity index (χ1n) is 7.37. The minimum absolute atomic E-state index is 0.243. The molecule has 6 nitrogen and oxygen atoms in total. The maximum atomic E-state index is 12.4. The van der Waals surface area contributed by atoms with Crippen LogP contribution in [0, 0.1) is 6.92 Å². The van der Waals surface area contributed by atoms with Crippen LogP contribution in [0.5, 0.6) is 0 Å². The lowest BCUT2D eigenvalue weighted by Gasteiger charge is -2.27. The molecule has 1 aliphatic rings. The number of ether oxygens (including phenoxy) is 1. The van der Waals surface area contributed by atoms with E-state index in [-0.39, 0.29) is 5.91 Å². The van der Waals surface area contributed by atoms with Gasteiger partial charge in [0.1, 0.15) is 5.69 Å². The first-order chi connectivity index (χ1) is 11.1. The van der Waals surface area contributed by atoms with Crippen molar-refractivity contribution in [3.05, 3.63) is 46.2 Å². The van der Waals surface area contributed by atoms with E-state index in [1.807, 2.05) is 36.1 Å². The van der Waals surface area contributed by atoms with Crippen molar-refractivity contribution in [3.8, 4) is 0 Å². The molecule has 0 atom stereocenters. The average molecular weight is 377 g/mol. The third-order valence-corrected chi connectivity index (χ3v) is 4.00. The summed E-state index contributed by atoms with van der Waals surface area (Å²) in [5.41, 5.74) is 1.85. The van der Waals surface area contributed by atoms with E-state index < -0.39 is 0 Å². The van der Waals surface area contributed by atoms with Crippen molar-refractivity contribution in [2.45, 2.75) is 6.92 Å². The third-order valence-electron chi connectivity index (χ3n) is 3.47. The van der Waals surface area contributed by atoms with Gasteiger partial charge in [-0.2, -0.15) is 0 Å². The van der Waals surface area contributed by atoms with Gasteiger partial charge < -0.3 is 15.0 Å². The molecule has 0 spiro atoms. The van der Waals surface area contributed by atoms with Gasteiger partial charge in [0.25, 0.3) is 5.91 Å². The zero-order chi connectivity index (χ0) is 16.2. The molecule has 0 unspecified atom stereocenters. The van der Waals surface area contributed by atoms with E-state index in [9.17, 15) is 4.79 Å². The van der Waals surface area contributed by atoms with Crippen molar-refractivity contribution in [3.63, 3.8) is 0 Å². The number of carbonyl (C=O) groups excluding carboxylic acids is 1. The summed E-state index contributed by atoms with van der Waals surface area (Å²) in [7, 11) is 0. The molecule has 2 aromatic rings. The number of morpholine rings is 1. The molecule has 7 heteroatoms. The minimum Gasteiger partial charge on any atom is -0.378 e. The SMILES string of the molecule is Cc1cc(C(=O)Nc2ccc(Br)cc2)nc(N2CCOCC2)n1. The average Bonchev–Trinajstić information content (AvgIpc) is 2.57. The Morgan fingerprint density at radius 3 is 2.61 bits per heavy atom. The van der Waals surface area contributed by atoms with Crippen LogP contribution in [0.4, 0.5) is 11.6 Å². The highest BCUT2D eigenvalue weighted by Gasteiger charge is 2.17. The van der Waals surface area contributed by atoms with E-state index in [2.05, 4.69) is 31.2 Å². The normalized spacial score (nSPS) is 14.6. The molecule has 1 aromatic carbocycles. The molecule has 0 saturated carbocycles. The van der Waals surface area contributed by atoms with Gasteiger partial charge in [0.2, 0.25) is 5.95 Å². The first kappa shape index (κ1) is 15.9. The topological polar surface area (TPSA) is 67.4 Å². The van der Waals surface area contributed by atoms with Gasteiger partial charge >= 0.3 is 0 Å². The molecule has 1 aliphatic heterocycles. The monoisotopic (exact) mass is 376 g/mol. The number of nitrogens with one attached hydrogen (secondary N) is 1. The quantitative estimate of drug-likeness (QED) is 0.891. The number of anilines is 2. The van der Waals surface area contributed by atoms with Crippen molar-refractivity contribution >= 4 is 33.5 Å². The molecule has 0 bridgehead atoms. The molecule has 0 aliphatic carbocycles. The standard InChI is InChI=1S/C16H17BrN4O2/c1-11-10-14(15(22)19-13-4-2-12(17)3-5-13)20-16(18-11)21-6-8-23-9-7-21/h2-5,10H,6-9H2,1H3,(H,19,22). The number of benzene rings is 1. The Morgan fingerprint density at radius 1 is 1.22 bits per heavy atom. The van der Waals surface area contributed by atoms with Crippen LogP contribution >= 0.6 is 15.9 Å². The van der Waals surface area contributed by atoms with E-state index in [1.165, 1.54) is 0 Å². The van der Waals surface area contributed by atoms with E-state index in [4.69, 9.17) is 4.74 Å². The molecule has 2 heterocycles. The minimum atomic E-state index is -0.243. The van der Waals surface area contributed by atoms with Gasteiger partial charge in [-0.05, 0) is 37.3 Å². The number of amides is 1. The molecule has 3 rings (SSSR count). The van der Waals surface area contributed by atoms with Crippen LogP contribution in [0.2, 0.25) is 0 Å². The third kappa shape index (κ3) is 4.05. The predicted octanol–water partition coefficient (Wildman–Crippen LogP) is 2.64. The fraction of sp³-hybridized carbons (Fsp3) is 0.312. The Morgan fingerprint density at radius 2 is 1.91 bits per heavy atom. The Labute approximate surface area is 143 Å². The van der Waals surface area contributed by atoms with Crippen molar-refractivity contribution < 1.29 is 9.53 Å². The smallest absolute Gasteiger partial charge is 0.274 e. The number of carbonyl (C=O) groups is 1. The van der Waals surface area contributed by atoms with Gasteiger partial charge in [0.15, 0.2) is 0 Å². The van der Waals surface area contributed by atoms with Crippen molar-refractivity contribution in [2.24, 2.45) is 0 Å². The van der Waals surface area contributed by atoms with Gasteiger partial charge in [-0.3, -0.25) is 4.79 Å². The van der Waals surface area contributed by atoms with Gasteiger partial charge in [0, 0.05) is 28.9 Å². The molecule has 1 saturated heterocycles. The predicted molar refractivity (Wildman–Crippen MR) is 91.9 cm³/mol. The summed E-state index contributed by atoms with van der Waals surface area (Å²) in [5, 5.41) is 2.85. The van der Waals surface area contributed by atoms with E-state index >= 15 is 0 Å². The Kier molecular flexibility index (Phi) is 4.88. The largest absolute Gasteiger partial charge is 0.378 e. The molecular formula is C16H17BrN4O2. The van der Waals surface area contributed by atoms with Crippen molar-refractivity contribution in [1.82, 2.24) is 9.97 Å². The Hall–Kier alpha value is -1.99. The number of nitrogens with zero attached hydrogens (tertiary/aromatic N) is 3. The maximum absolute atomic E-state index is 12.4. The molecule has 1 fully saturated rings. The van der Waals surface area contributed by atoms with E-state index in [1.54, 1.807) is 6.07 Å². The van der Waals surface area contributed by atoms with Gasteiger partial charge in [-0.1, -0.05) is 15.9 Å². The fourth-order valence-corrected chi connectivity index (χ4v) is 2.57. The number of rotatable bonds is 3. The van der Waals surface area contributed by atoms with Crippen LogP contribution < -0.4 is 10.2 Å². The van der Waals surface area contributed by atoms with Crippen LogP contribution in [0.3, 0.4) is 0 Å². The zero-order valence-electron chi connectivity index (χ0n) is 12.8. The summed E-state index contributed by atoms with van der Waals surface area (Å²) in [6, 6.07) is 9.11. The summed E-state index contributed by atoms with van der Waals surface area (Å²) in [4.78, 5) is 23.3. The lowest BCUT2D eigenvalue weighted by Crippen LogP contribution is -2.37. The van der Waals surface area contributed by atoms with Crippen LogP contribution in [-0.2, 0) is 4.74 Å². The Bertz CT molecular complexity index is 700. The lowest BCUT2D eigenvalue weighted by molar-refractivity contribution is 0.102. The Balaban J connectivity index is 1.79. The molecule has 0 radical (unpaired) electrons. The second kappa shape index (κ2) is 7.06. The highest BCUT2D eigenvalue weighted by atomic mass is 79.9. The fourth-order valence-electron chi connectivity index (χ4n) is 2.30. The number of aryl methyl sites for hydroxylation is 1. The van der Waals surface area contributed by atoms with Gasteiger partial charge in [0.05, 0.1) is 13.2 Å². The summed E-state index contributed by atoms with van der Waals surface area (Å²) in [5.74, 6) is 0.335. The van der Waals surface area contributed by atoms with Crippen LogP contribution in [0.1, 0.15) is 16.2 Å². The zero-order valence-corrected chi connectivity index (χ0v) is 14.3. The molecule has 120 valence electrons. The van der Waals surface area contributed by atoms with E-state index in [0.717, 1.165) is 28.9 Å². The van der Waals surface area contributed by atoms with Crippen molar-refractivity contribution in [2.75, 3.05) is 36.5 Å². The summed E-state index contributed by atoms with van der Waals surface area (Å²) < 4.78 is 6.30. The van der Waals surface area contributed by atoms with E-state index in [0.29, 0.717) is 24.9 Å². The van der Waals surface area contributed by atoms with Gasteiger partial charge in [-0.25, -0.2) is 9.97 Å².